The third-order valence-corrected chi connectivity index (χ3v) is 5.04. The van der Waals surface area contributed by atoms with Crippen LogP contribution in [0.15, 0.2) is 0 Å². The third kappa shape index (κ3) is 4.60. The van der Waals surface area contributed by atoms with Crippen LogP contribution in [-0.4, -0.2) is 47.9 Å². The highest BCUT2D eigenvalue weighted by atomic mass is 35.5. The van der Waals surface area contributed by atoms with Gasteiger partial charge < -0.3 is 16.4 Å². The first-order valence-electron chi connectivity index (χ1n) is 8.63. The molecule has 4 N–H and O–H groups in total. The molecule has 138 valence electrons. The minimum absolute atomic E-state index is 0. The van der Waals surface area contributed by atoms with Crippen molar-refractivity contribution in [2.45, 2.75) is 57.4 Å². The molecule has 1 aliphatic carbocycles. The lowest BCUT2D eigenvalue weighted by molar-refractivity contribution is -0.136. The van der Waals surface area contributed by atoms with E-state index >= 15 is 0 Å². The fourth-order valence-electron chi connectivity index (χ4n) is 3.43. The molecule has 1 heterocycles. The van der Waals surface area contributed by atoms with E-state index in [0.29, 0.717) is 31.8 Å². The van der Waals surface area contributed by atoms with E-state index in [4.69, 9.17) is 5.73 Å². The molecule has 0 aromatic rings. The molecule has 0 bridgehead atoms. The summed E-state index contributed by atoms with van der Waals surface area (Å²) in [6, 6.07) is -0.443. The van der Waals surface area contributed by atoms with Gasteiger partial charge in [-0.05, 0) is 51.0 Å². The second-order valence-electron chi connectivity index (χ2n) is 6.60. The van der Waals surface area contributed by atoms with E-state index in [1.807, 2.05) is 0 Å². The first-order chi connectivity index (χ1) is 11.0. The van der Waals surface area contributed by atoms with E-state index in [0.717, 1.165) is 37.0 Å². The van der Waals surface area contributed by atoms with Crippen LogP contribution < -0.4 is 16.4 Å². The number of carbonyl (C=O) groups excluding carboxylic acids is 3. The summed E-state index contributed by atoms with van der Waals surface area (Å²) in [6.45, 7) is 3.05. The van der Waals surface area contributed by atoms with Crippen LogP contribution in [0.5, 0.6) is 0 Å². The fourth-order valence-corrected chi connectivity index (χ4v) is 3.43. The Balaban J connectivity index is 0.00000288. The molecule has 2 rings (SSSR count). The van der Waals surface area contributed by atoms with Crippen LogP contribution in [0.25, 0.3) is 0 Å². The van der Waals surface area contributed by atoms with Crippen molar-refractivity contribution >= 4 is 30.3 Å². The van der Waals surface area contributed by atoms with Crippen molar-refractivity contribution in [1.82, 2.24) is 15.5 Å². The second kappa shape index (κ2) is 9.22. The van der Waals surface area contributed by atoms with E-state index < -0.39 is 11.6 Å². The van der Waals surface area contributed by atoms with Gasteiger partial charge in [-0.1, -0.05) is 13.3 Å². The van der Waals surface area contributed by atoms with E-state index in [9.17, 15) is 14.4 Å². The standard InChI is InChI=1S/C16H28N4O3.ClH/c1-2-12-5-7-16(8-6-12)14(22)20(15(23)19-16)11-13(21)18-10-4-3-9-17;/h12H,2-11,17H2,1H3,(H,18,21)(H,19,23);1H. The first kappa shape index (κ1) is 20.7. The van der Waals surface area contributed by atoms with Crippen molar-refractivity contribution in [3.05, 3.63) is 0 Å². The molecule has 2 fully saturated rings. The largest absolute Gasteiger partial charge is 0.355 e. The van der Waals surface area contributed by atoms with Crippen LogP contribution in [0.4, 0.5) is 4.79 Å². The van der Waals surface area contributed by atoms with Crippen LogP contribution in [0, 0.1) is 5.92 Å². The van der Waals surface area contributed by atoms with Crippen LogP contribution in [-0.2, 0) is 9.59 Å². The Morgan fingerprint density at radius 1 is 1.33 bits per heavy atom. The number of halogens is 1. The Kier molecular flexibility index (Phi) is 7.96. The van der Waals surface area contributed by atoms with Crippen LogP contribution in [0.2, 0.25) is 0 Å². The molecule has 0 aromatic carbocycles. The maximum Gasteiger partial charge on any atom is 0.325 e. The molecule has 24 heavy (non-hydrogen) atoms. The van der Waals surface area contributed by atoms with Crippen molar-refractivity contribution in [2.24, 2.45) is 11.7 Å². The van der Waals surface area contributed by atoms with Crippen molar-refractivity contribution in [3.8, 4) is 0 Å². The van der Waals surface area contributed by atoms with Gasteiger partial charge in [0.15, 0.2) is 0 Å². The van der Waals surface area contributed by atoms with Gasteiger partial charge in [0.05, 0.1) is 0 Å². The summed E-state index contributed by atoms with van der Waals surface area (Å²) in [6.07, 6.45) is 5.97. The number of carbonyl (C=O) groups is 3. The first-order valence-corrected chi connectivity index (χ1v) is 8.63. The SMILES string of the molecule is CCC1CCC2(CC1)NC(=O)N(CC(=O)NCCCCN)C2=O.Cl. The number of hydrogen-bond donors (Lipinski definition) is 3. The van der Waals surface area contributed by atoms with Crippen molar-refractivity contribution in [2.75, 3.05) is 19.6 Å². The Hall–Kier alpha value is -1.34. The molecule has 2 aliphatic rings. The van der Waals surface area contributed by atoms with Gasteiger partial charge in [-0.3, -0.25) is 14.5 Å². The van der Waals surface area contributed by atoms with Crippen LogP contribution in [0.1, 0.15) is 51.9 Å². The number of rotatable bonds is 7. The summed E-state index contributed by atoms with van der Waals surface area (Å²) in [5, 5.41) is 5.56. The number of unbranched alkanes of at least 4 members (excludes halogenated alkanes) is 1. The third-order valence-electron chi connectivity index (χ3n) is 5.04. The lowest BCUT2D eigenvalue weighted by Gasteiger charge is -2.34. The molecule has 0 atom stereocenters. The molecule has 1 aliphatic heterocycles. The molecule has 1 spiro atoms. The lowest BCUT2D eigenvalue weighted by atomic mass is 9.75. The van der Waals surface area contributed by atoms with Crippen LogP contribution >= 0.6 is 12.4 Å². The van der Waals surface area contributed by atoms with Gasteiger partial charge in [-0.15, -0.1) is 12.4 Å². The van der Waals surface area contributed by atoms with E-state index in [1.54, 1.807) is 0 Å². The number of amides is 4. The fraction of sp³-hybridized carbons (Fsp3) is 0.812. The molecule has 0 radical (unpaired) electrons. The summed E-state index contributed by atoms with van der Waals surface area (Å²) < 4.78 is 0. The molecule has 1 saturated heterocycles. The van der Waals surface area contributed by atoms with Crippen molar-refractivity contribution in [3.63, 3.8) is 0 Å². The average Bonchev–Trinajstić information content (AvgIpc) is 2.77. The van der Waals surface area contributed by atoms with E-state index in [-0.39, 0.29) is 30.8 Å². The summed E-state index contributed by atoms with van der Waals surface area (Å²) in [4.78, 5) is 37.7. The molecule has 0 unspecified atom stereocenters. The number of nitrogens with one attached hydrogen (secondary N) is 2. The molecule has 7 nitrogen and oxygen atoms in total. The zero-order valence-electron chi connectivity index (χ0n) is 14.3. The topological polar surface area (TPSA) is 105 Å². The smallest absolute Gasteiger partial charge is 0.325 e. The Morgan fingerprint density at radius 2 is 2.00 bits per heavy atom. The van der Waals surface area contributed by atoms with Crippen molar-refractivity contribution < 1.29 is 14.4 Å². The zero-order chi connectivity index (χ0) is 16.9. The minimum atomic E-state index is -0.775. The summed E-state index contributed by atoms with van der Waals surface area (Å²) >= 11 is 0. The summed E-state index contributed by atoms with van der Waals surface area (Å²) in [7, 11) is 0. The monoisotopic (exact) mass is 360 g/mol. The van der Waals surface area contributed by atoms with Gasteiger partial charge in [-0.25, -0.2) is 4.79 Å². The highest BCUT2D eigenvalue weighted by molar-refractivity contribution is 6.09. The van der Waals surface area contributed by atoms with Crippen molar-refractivity contribution in [1.29, 1.82) is 0 Å². The number of nitrogens with two attached hydrogens (primary N) is 1. The highest BCUT2D eigenvalue weighted by Crippen LogP contribution is 2.37. The maximum atomic E-state index is 12.6. The summed E-state index contributed by atoms with van der Waals surface area (Å²) in [5.41, 5.74) is 4.62. The van der Waals surface area contributed by atoms with Crippen LogP contribution in [0.3, 0.4) is 0 Å². The Labute approximate surface area is 149 Å². The number of nitrogens with zero attached hydrogens (tertiary/aromatic N) is 1. The molecule has 8 heteroatoms. The van der Waals surface area contributed by atoms with E-state index in [2.05, 4.69) is 17.6 Å². The number of urea groups is 1. The normalized spacial score (nSPS) is 26.2. The molecular weight excluding hydrogens is 332 g/mol. The quantitative estimate of drug-likeness (QED) is 0.468. The Morgan fingerprint density at radius 3 is 2.58 bits per heavy atom. The minimum Gasteiger partial charge on any atom is -0.355 e. The van der Waals surface area contributed by atoms with Gasteiger partial charge in [0.1, 0.15) is 12.1 Å². The maximum absolute atomic E-state index is 12.6. The number of imide groups is 1. The predicted molar refractivity (Wildman–Crippen MR) is 93.8 cm³/mol. The molecular formula is C16H29ClN4O3. The number of hydrogen-bond acceptors (Lipinski definition) is 4. The van der Waals surface area contributed by atoms with E-state index in [1.165, 1.54) is 0 Å². The van der Waals surface area contributed by atoms with Gasteiger partial charge in [-0.2, -0.15) is 0 Å². The molecule has 1 saturated carbocycles. The zero-order valence-corrected chi connectivity index (χ0v) is 15.1. The van der Waals surface area contributed by atoms with Gasteiger partial charge in [0.2, 0.25) is 5.91 Å². The lowest BCUT2D eigenvalue weighted by Crippen LogP contribution is -2.50. The molecule has 0 aromatic heterocycles. The van der Waals surface area contributed by atoms with Gasteiger partial charge >= 0.3 is 6.03 Å². The second-order valence-corrected chi connectivity index (χ2v) is 6.60. The Bertz CT molecular complexity index is 464. The van der Waals surface area contributed by atoms with Gasteiger partial charge in [0, 0.05) is 6.54 Å². The predicted octanol–water partition coefficient (Wildman–Crippen LogP) is 1.15. The van der Waals surface area contributed by atoms with Gasteiger partial charge in [0.25, 0.3) is 5.91 Å². The average molecular weight is 361 g/mol. The summed E-state index contributed by atoms with van der Waals surface area (Å²) in [5.74, 6) is 0.0872. The highest BCUT2D eigenvalue weighted by Gasteiger charge is 2.52. The molecule has 4 amide bonds.